The summed E-state index contributed by atoms with van der Waals surface area (Å²) in [6.07, 6.45) is 0. The monoisotopic (exact) mass is 176 g/mol. The number of thiol groups is 1. The Balaban J connectivity index is 3.46. The van der Waals surface area contributed by atoms with Gasteiger partial charge in [0.05, 0.1) is 0 Å². The molecule has 1 amide bonds. The standard InChI is InChI=1S/C7H16N2OS/c1-5(2)7(10)9-4-6(11)3-8/h5-6,11H,3-4,8H2,1-2H3,(H,9,10). The highest BCUT2D eigenvalue weighted by Gasteiger charge is 2.07. The third kappa shape index (κ3) is 5.09. The molecule has 11 heavy (non-hydrogen) atoms. The van der Waals surface area contributed by atoms with Gasteiger partial charge in [0.25, 0.3) is 0 Å². The lowest BCUT2D eigenvalue weighted by molar-refractivity contribution is -0.123. The molecule has 4 heteroatoms. The molecule has 0 aromatic heterocycles. The molecule has 3 N–H and O–H groups in total. The van der Waals surface area contributed by atoms with Crippen molar-refractivity contribution < 1.29 is 4.79 Å². The van der Waals surface area contributed by atoms with E-state index in [1.165, 1.54) is 0 Å². The fraction of sp³-hybridized carbons (Fsp3) is 0.857. The van der Waals surface area contributed by atoms with Gasteiger partial charge in [-0.3, -0.25) is 4.79 Å². The van der Waals surface area contributed by atoms with Gasteiger partial charge in [-0.05, 0) is 0 Å². The van der Waals surface area contributed by atoms with Crippen LogP contribution in [0.25, 0.3) is 0 Å². The predicted molar refractivity (Wildman–Crippen MR) is 49.7 cm³/mol. The molecule has 0 aliphatic carbocycles. The van der Waals surface area contributed by atoms with E-state index in [0.717, 1.165) is 0 Å². The first-order valence-corrected chi connectivity index (χ1v) is 4.25. The smallest absolute Gasteiger partial charge is 0.222 e. The number of hydrogen-bond acceptors (Lipinski definition) is 3. The quantitative estimate of drug-likeness (QED) is 0.529. The third-order valence-corrected chi connectivity index (χ3v) is 1.70. The van der Waals surface area contributed by atoms with Crippen molar-refractivity contribution in [2.45, 2.75) is 19.1 Å². The van der Waals surface area contributed by atoms with Crippen LogP contribution in [-0.2, 0) is 4.79 Å². The van der Waals surface area contributed by atoms with Crippen LogP contribution in [0, 0.1) is 5.92 Å². The Morgan fingerprint density at radius 2 is 2.18 bits per heavy atom. The number of rotatable bonds is 4. The highest BCUT2D eigenvalue weighted by Crippen LogP contribution is 1.93. The van der Waals surface area contributed by atoms with Crippen LogP contribution < -0.4 is 11.1 Å². The summed E-state index contributed by atoms with van der Waals surface area (Å²) in [5, 5.41) is 2.80. The summed E-state index contributed by atoms with van der Waals surface area (Å²) < 4.78 is 0. The second kappa shape index (κ2) is 5.43. The topological polar surface area (TPSA) is 55.1 Å². The van der Waals surface area contributed by atoms with E-state index in [1.54, 1.807) is 0 Å². The molecule has 1 unspecified atom stereocenters. The lowest BCUT2D eigenvalue weighted by atomic mass is 10.2. The lowest BCUT2D eigenvalue weighted by Crippen LogP contribution is -2.35. The Kier molecular flexibility index (Phi) is 5.32. The van der Waals surface area contributed by atoms with Crippen molar-refractivity contribution in [2.75, 3.05) is 13.1 Å². The molecule has 0 fully saturated rings. The molecule has 0 spiro atoms. The van der Waals surface area contributed by atoms with E-state index in [1.807, 2.05) is 13.8 Å². The zero-order valence-electron chi connectivity index (χ0n) is 7.00. The molecule has 66 valence electrons. The summed E-state index contributed by atoms with van der Waals surface area (Å²) in [6, 6.07) is 0. The van der Waals surface area contributed by atoms with Crippen LogP contribution in [-0.4, -0.2) is 24.2 Å². The molecular weight excluding hydrogens is 160 g/mol. The number of hydrogen-bond donors (Lipinski definition) is 3. The number of nitrogens with two attached hydrogens (primary N) is 1. The van der Waals surface area contributed by atoms with Crippen LogP contribution >= 0.6 is 12.6 Å². The summed E-state index contributed by atoms with van der Waals surface area (Å²) in [7, 11) is 0. The predicted octanol–water partition coefficient (Wildman–Crippen LogP) is 0.0157. The Bertz CT molecular complexity index is 128. The SMILES string of the molecule is CC(C)C(=O)NCC(S)CN. The molecule has 0 aromatic carbocycles. The molecule has 0 heterocycles. The first-order chi connectivity index (χ1) is 5.07. The van der Waals surface area contributed by atoms with E-state index in [-0.39, 0.29) is 17.1 Å². The normalized spacial score (nSPS) is 13.2. The van der Waals surface area contributed by atoms with Crippen molar-refractivity contribution in [3.05, 3.63) is 0 Å². The van der Waals surface area contributed by atoms with Gasteiger partial charge < -0.3 is 11.1 Å². The minimum Gasteiger partial charge on any atom is -0.355 e. The van der Waals surface area contributed by atoms with Crippen molar-refractivity contribution in [3.8, 4) is 0 Å². The Labute approximate surface area is 73.1 Å². The summed E-state index contributed by atoms with van der Waals surface area (Å²) >= 11 is 4.13. The van der Waals surface area contributed by atoms with Crippen LogP contribution in [0.15, 0.2) is 0 Å². The minimum absolute atomic E-state index is 0.0355. The maximum atomic E-state index is 11.0. The second-order valence-electron chi connectivity index (χ2n) is 2.79. The number of amides is 1. The molecule has 0 bridgehead atoms. The maximum Gasteiger partial charge on any atom is 0.222 e. The molecule has 0 saturated carbocycles. The molecular formula is C7H16N2OS. The van der Waals surface area contributed by atoms with E-state index in [4.69, 9.17) is 5.73 Å². The van der Waals surface area contributed by atoms with Gasteiger partial charge in [-0.2, -0.15) is 12.6 Å². The van der Waals surface area contributed by atoms with Gasteiger partial charge in [-0.25, -0.2) is 0 Å². The van der Waals surface area contributed by atoms with Gasteiger partial charge in [-0.1, -0.05) is 13.8 Å². The Hall–Kier alpha value is -0.220. The Morgan fingerprint density at radius 3 is 2.55 bits per heavy atom. The fourth-order valence-corrected chi connectivity index (χ4v) is 0.597. The lowest BCUT2D eigenvalue weighted by Gasteiger charge is -2.10. The van der Waals surface area contributed by atoms with Crippen molar-refractivity contribution >= 4 is 18.5 Å². The summed E-state index contributed by atoms with van der Waals surface area (Å²) in [6.45, 7) is 4.74. The zero-order valence-corrected chi connectivity index (χ0v) is 7.90. The van der Waals surface area contributed by atoms with Crippen LogP contribution in [0.1, 0.15) is 13.8 Å². The molecule has 0 saturated heterocycles. The molecule has 0 aliphatic heterocycles. The van der Waals surface area contributed by atoms with Crippen molar-refractivity contribution in [3.63, 3.8) is 0 Å². The van der Waals surface area contributed by atoms with E-state index in [0.29, 0.717) is 13.1 Å². The largest absolute Gasteiger partial charge is 0.355 e. The highest BCUT2D eigenvalue weighted by atomic mass is 32.1. The van der Waals surface area contributed by atoms with Gasteiger partial charge >= 0.3 is 0 Å². The first kappa shape index (κ1) is 10.8. The van der Waals surface area contributed by atoms with Gasteiger partial charge in [0.15, 0.2) is 0 Å². The van der Waals surface area contributed by atoms with E-state index in [9.17, 15) is 4.79 Å². The average molecular weight is 176 g/mol. The van der Waals surface area contributed by atoms with E-state index < -0.39 is 0 Å². The average Bonchev–Trinajstić information content (AvgIpc) is 1.99. The van der Waals surface area contributed by atoms with Crippen LogP contribution in [0.2, 0.25) is 0 Å². The second-order valence-corrected chi connectivity index (χ2v) is 3.52. The Morgan fingerprint density at radius 1 is 1.64 bits per heavy atom. The van der Waals surface area contributed by atoms with Crippen LogP contribution in [0.3, 0.4) is 0 Å². The number of carbonyl (C=O) groups excluding carboxylic acids is 1. The third-order valence-electron chi connectivity index (χ3n) is 1.31. The summed E-state index contributed by atoms with van der Waals surface area (Å²) in [4.78, 5) is 11.0. The molecule has 0 aliphatic rings. The fourth-order valence-electron chi connectivity index (χ4n) is 0.506. The molecule has 0 rings (SSSR count). The van der Waals surface area contributed by atoms with Gasteiger partial charge in [-0.15, -0.1) is 0 Å². The van der Waals surface area contributed by atoms with Crippen LogP contribution in [0.4, 0.5) is 0 Å². The number of nitrogens with one attached hydrogen (secondary N) is 1. The maximum absolute atomic E-state index is 11.0. The van der Waals surface area contributed by atoms with Gasteiger partial charge in [0.1, 0.15) is 0 Å². The molecule has 1 atom stereocenters. The number of carbonyl (C=O) groups is 1. The van der Waals surface area contributed by atoms with E-state index in [2.05, 4.69) is 17.9 Å². The zero-order chi connectivity index (χ0) is 8.85. The first-order valence-electron chi connectivity index (χ1n) is 3.73. The molecule has 0 aromatic rings. The molecule has 3 nitrogen and oxygen atoms in total. The van der Waals surface area contributed by atoms with Gasteiger partial charge in [0.2, 0.25) is 5.91 Å². The molecule has 0 radical (unpaired) electrons. The summed E-state index contributed by atoms with van der Waals surface area (Å²) in [5.74, 6) is 0.0887. The van der Waals surface area contributed by atoms with Crippen molar-refractivity contribution in [1.29, 1.82) is 0 Å². The summed E-state index contributed by atoms with van der Waals surface area (Å²) in [5.41, 5.74) is 5.31. The van der Waals surface area contributed by atoms with E-state index >= 15 is 0 Å². The highest BCUT2D eigenvalue weighted by molar-refractivity contribution is 7.81. The van der Waals surface area contributed by atoms with Crippen molar-refractivity contribution in [1.82, 2.24) is 5.32 Å². The van der Waals surface area contributed by atoms with Crippen LogP contribution in [0.5, 0.6) is 0 Å². The van der Waals surface area contributed by atoms with Crippen molar-refractivity contribution in [2.24, 2.45) is 11.7 Å². The minimum atomic E-state index is 0.0355. The van der Waals surface area contributed by atoms with Gasteiger partial charge in [0, 0.05) is 24.3 Å².